The smallest absolute Gasteiger partial charge is 0.0991 e. The molecule has 0 aromatic heterocycles. The van der Waals surface area contributed by atoms with Crippen molar-refractivity contribution in [2.75, 3.05) is 13.2 Å². The largest absolute Gasteiger partial charge is 0.373 e. The van der Waals surface area contributed by atoms with E-state index in [9.17, 15) is 10.5 Å². The maximum atomic E-state index is 9.49. The van der Waals surface area contributed by atoms with Crippen LogP contribution in [0.4, 0.5) is 0 Å². The third-order valence-electron chi connectivity index (χ3n) is 15.5. The van der Waals surface area contributed by atoms with E-state index in [1.54, 1.807) is 0 Å². The molecule has 4 saturated carbocycles. The molecule has 4 aliphatic carbocycles. The van der Waals surface area contributed by atoms with Crippen LogP contribution in [0.15, 0.2) is 60.7 Å². The maximum absolute atomic E-state index is 9.49. The number of allylic oxidation sites excluding steroid dienone is 2. The lowest BCUT2D eigenvalue weighted by atomic mass is 9.67. The number of hydrogen-bond acceptors (Lipinski definition) is 3. The third-order valence-corrected chi connectivity index (χ3v) is 15.5. The zero-order valence-corrected chi connectivity index (χ0v) is 36.1. The molecule has 0 heterocycles. The van der Waals surface area contributed by atoms with E-state index in [0.29, 0.717) is 25.0 Å². The molecule has 0 atom stereocenters. The number of ether oxygens (including phenoxy) is 1. The van der Waals surface area contributed by atoms with Gasteiger partial charge in [0.05, 0.1) is 36.5 Å². The predicted molar refractivity (Wildman–Crippen MR) is 239 cm³/mol. The van der Waals surface area contributed by atoms with Crippen LogP contribution in [0.3, 0.4) is 0 Å². The second-order valence-electron chi connectivity index (χ2n) is 19.0. The van der Waals surface area contributed by atoms with Crippen LogP contribution in [0.1, 0.15) is 190 Å². The SMILES string of the molecule is CCCCC[C@H]1CC[C@H]([C@H]2CC[C@H](C(=CCOCC=C(c3ccc(C#N)cc3)[C@H]3CC[C@H]([C@H]4CC[C@H](CCCCC)CC4)CC3)c3ccc(C#N)cc3)CC2)CC1. The van der Waals surface area contributed by atoms with Gasteiger partial charge in [0.2, 0.25) is 0 Å². The molecule has 2 aromatic rings. The van der Waals surface area contributed by atoms with Crippen LogP contribution in [-0.4, -0.2) is 13.2 Å². The number of benzene rings is 2. The molecule has 0 N–H and O–H groups in total. The second kappa shape index (κ2) is 23.5. The fraction of sp³-hybridized carbons (Fsp3) is 0.667. The van der Waals surface area contributed by atoms with Gasteiger partial charge in [0, 0.05) is 0 Å². The van der Waals surface area contributed by atoms with E-state index < -0.39 is 0 Å². The van der Waals surface area contributed by atoms with Crippen molar-refractivity contribution < 1.29 is 4.74 Å². The van der Waals surface area contributed by atoms with E-state index in [-0.39, 0.29) is 0 Å². The summed E-state index contributed by atoms with van der Waals surface area (Å²) in [6, 6.07) is 21.2. The summed E-state index contributed by atoms with van der Waals surface area (Å²) in [5, 5.41) is 19.0. The van der Waals surface area contributed by atoms with Crippen molar-refractivity contribution in [1.82, 2.24) is 0 Å². The van der Waals surface area contributed by atoms with Crippen molar-refractivity contribution in [2.24, 2.45) is 47.3 Å². The van der Waals surface area contributed by atoms with Crippen molar-refractivity contribution in [3.8, 4) is 12.1 Å². The van der Waals surface area contributed by atoms with Gasteiger partial charge in [-0.2, -0.15) is 10.5 Å². The molecule has 0 spiro atoms. The molecule has 4 fully saturated rings. The summed E-state index contributed by atoms with van der Waals surface area (Å²) in [5.74, 6) is 6.75. The average Bonchev–Trinajstić information content (AvgIpc) is 3.27. The fourth-order valence-corrected chi connectivity index (χ4v) is 11.9. The first kappa shape index (κ1) is 43.4. The summed E-state index contributed by atoms with van der Waals surface area (Å²) in [6.45, 7) is 5.84. The van der Waals surface area contributed by atoms with E-state index in [2.05, 4.69) is 62.4 Å². The summed E-state index contributed by atoms with van der Waals surface area (Å²) < 4.78 is 6.47. The number of hydrogen-bond donors (Lipinski definition) is 0. The van der Waals surface area contributed by atoms with E-state index in [1.807, 2.05) is 24.3 Å². The van der Waals surface area contributed by atoms with Gasteiger partial charge in [-0.05, 0) is 171 Å². The highest BCUT2D eigenvalue weighted by Crippen LogP contribution is 2.47. The quantitative estimate of drug-likeness (QED) is 0.142. The van der Waals surface area contributed by atoms with Crippen LogP contribution in [0.5, 0.6) is 0 Å². The Morgan fingerprint density at radius 1 is 0.491 bits per heavy atom. The lowest BCUT2D eigenvalue weighted by molar-refractivity contribution is 0.152. The highest BCUT2D eigenvalue weighted by Gasteiger charge is 2.33. The standard InChI is InChI=1S/C54H76N2O/c1-3-5-7-9-41-11-19-45(20-12-41)47-27-31-51(32-28-47)53(49-23-15-43(39-55)16-24-49)35-37-57-38-36-54(50-25-17-44(40-56)18-26-50)52-33-29-48(30-34-52)46-21-13-42(14-22-46)10-8-6-4-2/h15-18,23-26,35-36,41-42,45-48,51-52H,3-14,19-22,27-34,37-38H2,1-2H3/t41-,42-,45-,46-,47-,48-,51-,52-. The van der Waals surface area contributed by atoms with Crippen LogP contribution in [0.2, 0.25) is 0 Å². The summed E-state index contributed by atoms with van der Waals surface area (Å²) in [4.78, 5) is 0. The Bertz CT molecular complexity index is 1470. The van der Waals surface area contributed by atoms with E-state index >= 15 is 0 Å². The van der Waals surface area contributed by atoms with Crippen LogP contribution in [0.25, 0.3) is 11.1 Å². The van der Waals surface area contributed by atoms with E-state index in [1.165, 1.54) is 176 Å². The van der Waals surface area contributed by atoms with Gasteiger partial charge in [0.25, 0.3) is 0 Å². The molecule has 0 aliphatic heterocycles. The number of nitrogens with zero attached hydrogens (tertiary/aromatic N) is 2. The van der Waals surface area contributed by atoms with Gasteiger partial charge in [-0.3, -0.25) is 0 Å². The zero-order valence-electron chi connectivity index (χ0n) is 36.1. The van der Waals surface area contributed by atoms with E-state index in [0.717, 1.165) is 46.6 Å². The third kappa shape index (κ3) is 12.9. The number of rotatable bonds is 18. The Morgan fingerprint density at radius 3 is 1.14 bits per heavy atom. The lowest BCUT2D eigenvalue weighted by Gasteiger charge is -2.38. The minimum absolute atomic E-state index is 0.555. The molecule has 308 valence electrons. The van der Waals surface area contributed by atoms with Crippen LogP contribution in [-0.2, 0) is 4.74 Å². The Hall–Kier alpha value is -3.14. The van der Waals surface area contributed by atoms with Crippen LogP contribution < -0.4 is 0 Å². The Morgan fingerprint density at radius 2 is 0.825 bits per heavy atom. The van der Waals surface area contributed by atoms with Crippen molar-refractivity contribution in [3.63, 3.8) is 0 Å². The topological polar surface area (TPSA) is 56.8 Å². The molecule has 57 heavy (non-hydrogen) atoms. The Balaban J connectivity index is 1.05. The Labute approximate surface area is 348 Å². The van der Waals surface area contributed by atoms with Gasteiger partial charge in [-0.25, -0.2) is 0 Å². The highest BCUT2D eigenvalue weighted by atomic mass is 16.5. The van der Waals surface area contributed by atoms with Gasteiger partial charge < -0.3 is 4.74 Å². The predicted octanol–water partition coefficient (Wildman–Crippen LogP) is 15.3. The molecule has 0 bridgehead atoms. The van der Waals surface area contributed by atoms with Gasteiger partial charge in [-0.15, -0.1) is 0 Å². The van der Waals surface area contributed by atoms with Crippen LogP contribution >= 0.6 is 0 Å². The summed E-state index contributed by atoms with van der Waals surface area (Å²) in [5.41, 5.74) is 6.80. The summed E-state index contributed by atoms with van der Waals surface area (Å²) in [6.07, 6.45) is 38.1. The average molecular weight is 769 g/mol. The molecule has 0 saturated heterocycles. The van der Waals surface area contributed by atoms with Crippen molar-refractivity contribution in [3.05, 3.63) is 82.9 Å². The first-order valence-corrected chi connectivity index (χ1v) is 24.1. The van der Waals surface area contributed by atoms with Crippen molar-refractivity contribution in [1.29, 1.82) is 10.5 Å². The maximum Gasteiger partial charge on any atom is 0.0991 e. The molecule has 0 amide bonds. The summed E-state index contributed by atoms with van der Waals surface area (Å²) in [7, 11) is 0. The molecule has 0 unspecified atom stereocenters. The molecule has 3 heteroatoms. The molecule has 3 nitrogen and oxygen atoms in total. The minimum Gasteiger partial charge on any atom is -0.373 e. The first-order valence-electron chi connectivity index (χ1n) is 24.1. The van der Waals surface area contributed by atoms with Gasteiger partial charge >= 0.3 is 0 Å². The molecule has 4 aliphatic rings. The second-order valence-corrected chi connectivity index (χ2v) is 19.0. The Kier molecular flexibility index (Phi) is 17.9. The molecule has 0 radical (unpaired) electrons. The molecule has 6 rings (SSSR count). The minimum atomic E-state index is 0.555. The first-order chi connectivity index (χ1) is 28.1. The van der Waals surface area contributed by atoms with E-state index in [4.69, 9.17) is 4.74 Å². The van der Waals surface area contributed by atoms with Crippen molar-refractivity contribution in [2.45, 2.75) is 168 Å². The number of unbranched alkanes of at least 4 members (excludes halogenated alkanes) is 4. The monoisotopic (exact) mass is 769 g/mol. The summed E-state index contributed by atoms with van der Waals surface area (Å²) >= 11 is 0. The highest BCUT2D eigenvalue weighted by molar-refractivity contribution is 5.69. The molecular formula is C54H76N2O. The van der Waals surface area contributed by atoms with Crippen LogP contribution in [0, 0.1) is 70.0 Å². The zero-order chi connectivity index (χ0) is 39.7. The van der Waals surface area contributed by atoms with Crippen molar-refractivity contribution >= 4 is 11.1 Å². The van der Waals surface area contributed by atoms with Gasteiger partial charge in [-0.1, -0.05) is 127 Å². The van der Waals surface area contributed by atoms with Gasteiger partial charge in [0.1, 0.15) is 0 Å². The molecule has 2 aromatic carbocycles. The fourth-order valence-electron chi connectivity index (χ4n) is 11.9. The van der Waals surface area contributed by atoms with Gasteiger partial charge in [0.15, 0.2) is 0 Å². The lowest BCUT2D eigenvalue weighted by Crippen LogP contribution is -2.26. The molecular weight excluding hydrogens is 693 g/mol. The normalized spacial score (nSPS) is 28.7. The number of nitriles is 2.